The summed E-state index contributed by atoms with van der Waals surface area (Å²) in [7, 11) is 1.81. The minimum absolute atomic E-state index is 0.581. The van der Waals surface area contributed by atoms with E-state index in [-0.39, 0.29) is 0 Å². The van der Waals surface area contributed by atoms with Crippen molar-refractivity contribution in [3.05, 3.63) is 27.2 Å². The summed E-state index contributed by atoms with van der Waals surface area (Å²) < 4.78 is 0.898. The lowest BCUT2D eigenvalue weighted by molar-refractivity contribution is 1.24. The van der Waals surface area contributed by atoms with Crippen molar-refractivity contribution in [3.63, 3.8) is 0 Å². The first kappa shape index (κ1) is 11.5. The molecule has 0 bridgehead atoms. The molecule has 0 spiro atoms. The number of rotatable bonds is 3. The molecule has 0 aliphatic heterocycles. The maximum absolute atomic E-state index is 7.80. The Morgan fingerprint density at radius 2 is 2.21 bits per heavy atom. The molecule has 0 atom stereocenters. The number of hydrogen-bond donors (Lipinski definition) is 2. The zero-order chi connectivity index (χ0) is 10.7. The highest BCUT2D eigenvalue weighted by molar-refractivity contribution is 9.10. The van der Waals surface area contributed by atoms with E-state index in [1.54, 1.807) is 0 Å². The molecule has 14 heavy (non-hydrogen) atoms. The molecule has 2 nitrogen and oxygen atoms in total. The first-order valence-electron chi connectivity index (χ1n) is 4.34. The molecule has 1 rings (SSSR count). The third-order valence-electron chi connectivity index (χ3n) is 1.98. The summed E-state index contributed by atoms with van der Waals surface area (Å²) >= 11 is 9.41. The topological polar surface area (TPSA) is 35.9 Å². The summed E-state index contributed by atoms with van der Waals surface area (Å²) in [6.45, 7) is 1.95. The SMILES string of the molecule is CCC(=N)c1cc(Br)cc(Cl)c1NC. The number of nitrogens with one attached hydrogen (secondary N) is 2. The summed E-state index contributed by atoms with van der Waals surface area (Å²) in [6.07, 6.45) is 0.696. The second kappa shape index (κ2) is 4.80. The number of benzene rings is 1. The summed E-state index contributed by atoms with van der Waals surface area (Å²) in [5.41, 5.74) is 2.26. The van der Waals surface area contributed by atoms with E-state index in [4.69, 9.17) is 17.0 Å². The van der Waals surface area contributed by atoms with E-state index in [1.165, 1.54) is 0 Å². The quantitative estimate of drug-likeness (QED) is 0.806. The Balaban J connectivity index is 3.32. The van der Waals surface area contributed by atoms with Gasteiger partial charge in [-0.25, -0.2) is 0 Å². The fourth-order valence-corrected chi connectivity index (χ4v) is 2.16. The fourth-order valence-electron chi connectivity index (χ4n) is 1.26. The summed E-state index contributed by atoms with van der Waals surface area (Å²) in [6, 6.07) is 3.73. The molecule has 0 saturated heterocycles. The lowest BCUT2D eigenvalue weighted by Gasteiger charge is -2.11. The van der Waals surface area contributed by atoms with Crippen LogP contribution >= 0.6 is 27.5 Å². The highest BCUT2D eigenvalue weighted by Crippen LogP contribution is 2.30. The van der Waals surface area contributed by atoms with Crippen LogP contribution in [0.15, 0.2) is 16.6 Å². The highest BCUT2D eigenvalue weighted by Gasteiger charge is 2.10. The summed E-state index contributed by atoms with van der Waals surface area (Å²) in [4.78, 5) is 0. The Hall–Kier alpha value is -0.540. The molecule has 0 saturated carbocycles. The van der Waals surface area contributed by atoms with Gasteiger partial charge in [-0.05, 0) is 18.6 Å². The van der Waals surface area contributed by atoms with Crippen molar-refractivity contribution >= 4 is 38.9 Å². The van der Waals surface area contributed by atoms with Crippen molar-refractivity contribution in [2.75, 3.05) is 12.4 Å². The molecular formula is C10H12BrClN2. The second-order valence-corrected chi connectivity index (χ2v) is 4.22. The summed E-state index contributed by atoms with van der Waals surface area (Å²) in [5.74, 6) is 0. The van der Waals surface area contributed by atoms with Gasteiger partial charge in [0.15, 0.2) is 0 Å². The van der Waals surface area contributed by atoms with Crippen LogP contribution in [0.1, 0.15) is 18.9 Å². The van der Waals surface area contributed by atoms with Gasteiger partial charge >= 0.3 is 0 Å². The smallest absolute Gasteiger partial charge is 0.0655 e. The van der Waals surface area contributed by atoms with E-state index in [1.807, 2.05) is 26.1 Å². The molecule has 0 unspecified atom stereocenters. The molecular weight excluding hydrogens is 263 g/mol. The van der Waals surface area contributed by atoms with Gasteiger partial charge in [-0.3, -0.25) is 0 Å². The monoisotopic (exact) mass is 274 g/mol. The number of hydrogen-bond acceptors (Lipinski definition) is 2. The standard InChI is InChI=1S/C10H12BrClN2/c1-3-9(13)7-4-6(11)5-8(12)10(7)14-2/h4-5,13-14H,3H2,1-2H3. The maximum atomic E-state index is 7.80. The van der Waals surface area contributed by atoms with Gasteiger partial charge in [0, 0.05) is 22.8 Å². The van der Waals surface area contributed by atoms with Gasteiger partial charge in [-0.15, -0.1) is 0 Å². The molecule has 0 radical (unpaired) electrons. The van der Waals surface area contributed by atoms with Gasteiger partial charge in [0.1, 0.15) is 0 Å². The van der Waals surface area contributed by atoms with Crippen LogP contribution in [0.3, 0.4) is 0 Å². The van der Waals surface area contributed by atoms with Crippen LogP contribution < -0.4 is 5.32 Å². The molecule has 0 aliphatic rings. The van der Waals surface area contributed by atoms with Crippen molar-refractivity contribution in [2.24, 2.45) is 0 Å². The minimum Gasteiger partial charge on any atom is -0.386 e. The normalized spacial score (nSPS) is 10.0. The number of halogens is 2. The zero-order valence-corrected chi connectivity index (χ0v) is 10.5. The van der Waals surface area contributed by atoms with Crippen LogP contribution in [-0.4, -0.2) is 12.8 Å². The molecule has 0 aliphatic carbocycles. The van der Waals surface area contributed by atoms with Crippen LogP contribution in [0, 0.1) is 5.41 Å². The molecule has 2 N–H and O–H groups in total. The van der Waals surface area contributed by atoms with Crippen LogP contribution in [0.25, 0.3) is 0 Å². The largest absolute Gasteiger partial charge is 0.386 e. The summed E-state index contributed by atoms with van der Waals surface area (Å²) in [5, 5.41) is 11.4. The van der Waals surface area contributed by atoms with Crippen LogP contribution in [0.5, 0.6) is 0 Å². The molecule has 1 aromatic carbocycles. The Bertz CT molecular complexity index is 363. The van der Waals surface area contributed by atoms with E-state index in [2.05, 4.69) is 21.2 Å². The molecule has 1 aromatic rings. The molecule has 0 amide bonds. The van der Waals surface area contributed by atoms with Crippen molar-refractivity contribution in [1.29, 1.82) is 5.41 Å². The van der Waals surface area contributed by atoms with Gasteiger partial charge in [0.25, 0.3) is 0 Å². The predicted octanol–water partition coefficient (Wildman–Crippen LogP) is 3.92. The Kier molecular flexibility index (Phi) is 3.96. The average Bonchev–Trinajstić information content (AvgIpc) is 2.15. The van der Waals surface area contributed by atoms with Gasteiger partial charge in [-0.1, -0.05) is 34.5 Å². The Morgan fingerprint density at radius 1 is 1.57 bits per heavy atom. The van der Waals surface area contributed by atoms with Gasteiger partial charge in [-0.2, -0.15) is 0 Å². The molecule has 0 aromatic heterocycles. The predicted molar refractivity (Wildman–Crippen MR) is 65.8 cm³/mol. The number of anilines is 1. The lowest BCUT2D eigenvalue weighted by Crippen LogP contribution is -2.03. The Morgan fingerprint density at radius 3 is 2.71 bits per heavy atom. The molecule has 0 fully saturated rings. The minimum atomic E-state index is 0.581. The second-order valence-electron chi connectivity index (χ2n) is 2.89. The average molecular weight is 276 g/mol. The molecule has 0 heterocycles. The van der Waals surface area contributed by atoms with Crippen LogP contribution in [0.4, 0.5) is 5.69 Å². The maximum Gasteiger partial charge on any atom is 0.0655 e. The van der Waals surface area contributed by atoms with E-state index in [9.17, 15) is 0 Å². The zero-order valence-electron chi connectivity index (χ0n) is 8.12. The Labute approximate surface area is 97.3 Å². The van der Waals surface area contributed by atoms with Gasteiger partial charge < -0.3 is 10.7 Å². The van der Waals surface area contributed by atoms with Gasteiger partial charge in [0.2, 0.25) is 0 Å². The van der Waals surface area contributed by atoms with Gasteiger partial charge in [0.05, 0.1) is 10.7 Å². The van der Waals surface area contributed by atoms with E-state index in [0.717, 1.165) is 15.7 Å². The highest BCUT2D eigenvalue weighted by atomic mass is 79.9. The lowest BCUT2D eigenvalue weighted by atomic mass is 10.1. The van der Waals surface area contributed by atoms with E-state index < -0.39 is 0 Å². The van der Waals surface area contributed by atoms with Crippen LogP contribution in [-0.2, 0) is 0 Å². The van der Waals surface area contributed by atoms with Crippen molar-refractivity contribution in [2.45, 2.75) is 13.3 Å². The van der Waals surface area contributed by atoms with E-state index >= 15 is 0 Å². The third kappa shape index (κ3) is 2.28. The third-order valence-corrected chi connectivity index (χ3v) is 2.74. The van der Waals surface area contributed by atoms with Crippen molar-refractivity contribution in [3.8, 4) is 0 Å². The first-order valence-corrected chi connectivity index (χ1v) is 5.51. The fraction of sp³-hybridized carbons (Fsp3) is 0.300. The van der Waals surface area contributed by atoms with E-state index in [0.29, 0.717) is 17.2 Å². The van der Waals surface area contributed by atoms with Crippen molar-refractivity contribution in [1.82, 2.24) is 0 Å². The molecule has 76 valence electrons. The first-order chi connectivity index (χ1) is 6.60. The molecule has 4 heteroatoms. The van der Waals surface area contributed by atoms with Crippen molar-refractivity contribution < 1.29 is 0 Å². The van der Waals surface area contributed by atoms with Crippen LogP contribution in [0.2, 0.25) is 5.02 Å².